The van der Waals surface area contributed by atoms with Crippen LogP contribution in [0.4, 0.5) is 21.5 Å². The van der Waals surface area contributed by atoms with Crippen LogP contribution in [-0.4, -0.2) is 55.7 Å². The van der Waals surface area contributed by atoms with Gasteiger partial charge in [-0.1, -0.05) is 12.1 Å². The average molecular weight is 395 g/mol. The number of anilines is 3. The van der Waals surface area contributed by atoms with E-state index in [4.69, 9.17) is 0 Å². The number of benzene rings is 2. The minimum atomic E-state index is -0.463. The second kappa shape index (κ2) is 7.31. The number of halogens is 1. The number of nitrogens with zero attached hydrogens (tertiary/aromatic N) is 2. The minimum Gasteiger partial charge on any atom is -0.373 e. The van der Waals surface area contributed by atoms with Gasteiger partial charge in [0, 0.05) is 61.8 Å². The first kappa shape index (κ1) is 18.4. The summed E-state index contributed by atoms with van der Waals surface area (Å²) in [6.07, 6.45) is 0.769. The quantitative estimate of drug-likeness (QED) is 0.744. The van der Waals surface area contributed by atoms with Crippen LogP contribution in [0.25, 0.3) is 0 Å². The third kappa shape index (κ3) is 3.45. The third-order valence-electron chi connectivity index (χ3n) is 6.26. The molecule has 0 spiro atoms. The van der Waals surface area contributed by atoms with Crippen LogP contribution in [0.5, 0.6) is 0 Å². The first-order chi connectivity index (χ1) is 14.1. The Morgan fingerprint density at radius 2 is 2.10 bits per heavy atom. The summed E-state index contributed by atoms with van der Waals surface area (Å²) in [4.78, 5) is 17.7. The molecule has 2 saturated heterocycles. The highest BCUT2D eigenvalue weighted by atomic mass is 19.1. The van der Waals surface area contributed by atoms with Crippen molar-refractivity contribution < 1.29 is 9.18 Å². The predicted octanol–water partition coefficient (Wildman–Crippen LogP) is 2.16. The van der Waals surface area contributed by atoms with Crippen molar-refractivity contribution in [2.45, 2.75) is 25.6 Å². The fraction of sp³-hybridized carbons (Fsp3) is 0.409. The second-order valence-electron chi connectivity index (χ2n) is 8.11. The van der Waals surface area contributed by atoms with Crippen molar-refractivity contribution in [3.63, 3.8) is 0 Å². The molecule has 0 radical (unpaired) electrons. The topological polar surface area (TPSA) is 59.6 Å². The van der Waals surface area contributed by atoms with Crippen LogP contribution in [0, 0.1) is 12.7 Å². The maximum absolute atomic E-state index is 14.1. The first-order valence-corrected chi connectivity index (χ1v) is 10.3. The lowest BCUT2D eigenvalue weighted by Crippen LogP contribution is -2.53. The van der Waals surface area contributed by atoms with E-state index in [1.807, 2.05) is 25.1 Å². The number of fused-ring (bicyclic) bond motifs is 2. The molecule has 0 aromatic heterocycles. The van der Waals surface area contributed by atoms with Crippen LogP contribution >= 0.6 is 0 Å². The first-order valence-electron chi connectivity index (χ1n) is 10.3. The van der Waals surface area contributed by atoms with Gasteiger partial charge in [0.15, 0.2) is 0 Å². The third-order valence-corrected chi connectivity index (χ3v) is 6.26. The van der Waals surface area contributed by atoms with Crippen molar-refractivity contribution in [1.82, 2.24) is 10.2 Å². The van der Waals surface area contributed by atoms with E-state index < -0.39 is 6.04 Å². The number of hydrogen-bond donors (Lipinski definition) is 3. The smallest absolute Gasteiger partial charge is 0.247 e. The lowest BCUT2D eigenvalue weighted by molar-refractivity contribution is -0.116. The number of amides is 1. The molecule has 0 saturated carbocycles. The van der Waals surface area contributed by atoms with Crippen LogP contribution < -0.4 is 20.9 Å². The molecule has 0 bridgehead atoms. The summed E-state index contributed by atoms with van der Waals surface area (Å²) >= 11 is 0. The van der Waals surface area contributed by atoms with Gasteiger partial charge in [0.25, 0.3) is 0 Å². The lowest BCUT2D eigenvalue weighted by Gasteiger charge is -2.38. The molecular formula is C22H26FN5O. The zero-order valence-corrected chi connectivity index (χ0v) is 16.5. The number of carbonyl (C=O) groups is 1. The maximum Gasteiger partial charge on any atom is 0.247 e. The van der Waals surface area contributed by atoms with Crippen LogP contribution in [0.3, 0.4) is 0 Å². The Morgan fingerprint density at radius 1 is 1.21 bits per heavy atom. The SMILES string of the molecule is Cc1ccc(F)c2c1NC(C(=O)Nc1cccc(N3CCN4CCNC4C3)c1)C2. The fourth-order valence-corrected chi connectivity index (χ4v) is 4.63. The molecule has 0 aliphatic carbocycles. The Kier molecular flexibility index (Phi) is 4.64. The minimum absolute atomic E-state index is 0.139. The maximum atomic E-state index is 14.1. The summed E-state index contributed by atoms with van der Waals surface area (Å²) < 4.78 is 14.1. The molecule has 29 heavy (non-hydrogen) atoms. The number of carbonyl (C=O) groups excluding carboxylic acids is 1. The second-order valence-corrected chi connectivity index (χ2v) is 8.11. The largest absolute Gasteiger partial charge is 0.373 e. The van der Waals surface area contributed by atoms with Gasteiger partial charge in [-0.2, -0.15) is 0 Å². The number of aryl methyl sites for hydroxylation is 1. The molecule has 1 amide bonds. The van der Waals surface area contributed by atoms with Gasteiger partial charge in [0.2, 0.25) is 5.91 Å². The van der Waals surface area contributed by atoms with Crippen LogP contribution in [0.2, 0.25) is 0 Å². The predicted molar refractivity (Wildman–Crippen MR) is 113 cm³/mol. The standard InChI is InChI=1S/C22H26FN5O/c1-14-5-6-18(23)17-12-19(26-21(14)17)22(29)25-15-3-2-4-16(11-15)28-10-9-27-8-7-24-20(27)13-28/h2-6,11,19-20,24,26H,7-10,12-13H2,1H3,(H,25,29). The molecule has 2 fully saturated rings. The van der Waals surface area contributed by atoms with E-state index in [1.165, 1.54) is 6.07 Å². The highest BCUT2D eigenvalue weighted by Crippen LogP contribution is 2.32. The molecule has 3 N–H and O–H groups in total. The van der Waals surface area contributed by atoms with Crippen molar-refractivity contribution in [3.8, 4) is 0 Å². The number of hydrogen-bond acceptors (Lipinski definition) is 5. The summed E-state index contributed by atoms with van der Waals surface area (Å²) in [6, 6.07) is 10.7. The molecular weight excluding hydrogens is 369 g/mol. The highest BCUT2D eigenvalue weighted by molar-refractivity contribution is 5.98. The number of piperazine rings is 1. The summed E-state index contributed by atoms with van der Waals surface area (Å²) in [5.74, 6) is -0.394. The molecule has 6 nitrogen and oxygen atoms in total. The fourth-order valence-electron chi connectivity index (χ4n) is 4.63. The Bertz CT molecular complexity index is 918. The van der Waals surface area contributed by atoms with Gasteiger partial charge in [-0.25, -0.2) is 4.39 Å². The van der Waals surface area contributed by atoms with Crippen LogP contribution in [0.1, 0.15) is 11.1 Å². The van der Waals surface area contributed by atoms with E-state index in [2.05, 4.69) is 31.8 Å². The van der Waals surface area contributed by atoms with E-state index in [0.717, 1.165) is 55.3 Å². The highest BCUT2D eigenvalue weighted by Gasteiger charge is 2.31. The van der Waals surface area contributed by atoms with Crippen molar-refractivity contribution in [1.29, 1.82) is 0 Å². The lowest BCUT2D eigenvalue weighted by atomic mass is 10.1. The van der Waals surface area contributed by atoms with Crippen molar-refractivity contribution in [3.05, 3.63) is 53.3 Å². The molecule has 2 unspecified atom stereocenters. The van der Waals surface area contributed by atoms with Gasteiger partial charge in [-0.05, 0) is 36.8 Å². The van der Waals surface area contributed by atoms with Gasteiger partial charge < -0.3 is 15.5 Å². The zero-order valence-electron chi connectivity index (χ0n) is 16.5. The molecule has 3 aliphatic heterocycles. The van der Waals surface area contributed by atoms with E-state index in [0.29, 0.717) is 18.2 Å². The molecule has 3 heterocycles. The molecule has 3 aliphatic rings. The molecule has 2 aromatic carbocycles. The number of rotatable bonds is 3. The van der Waals surface area contributed by atoms with Crippen molar-refractivity contribution in [2.24, 2.45) is 0 Å². The Morgan fingerprint density at radius 3 is 2.97 bits per heavy atom. The van der Waals surface area contributed by atoms with Crippen molar-refractivity contribution >= 4 is 23.0 Å². The molecule has 2 atom stereocenters. The van der Waals surface area contributed by atoms with Gasteiger partial charge in [-0.3, -0.25) is 15.0 Å². The molecule has 5 rings (SSSR count). The zero-order chi connectivity index (χ0) is 20.0. The summed E-state index contributed by atoms with van der Waals surface area (Å²) in [7, 11) is 0. The van der Waals surface area contributed by atoms with E-state index >= 15 is 0 Å². The van der Waals surface area contributed by atoms with Gasteiger partial charge >= 0.3 is 0 Å². The number of nitrogens with one attached hydrogen (secondary N) is 3. The van der Waals surface area contributed by atoms with Crippen LogP contribution in [-0.2, 0) is 11.2 Å². The monoisotopic (exact) mass is 395 g/mol. The molecule has 7 heteroatoms. The van der Waals surface area contributed by atoms with Gasteiger partial charge in [0.05, 0.1) is 6.17 Å². The Labute approximate surface area is 170 Å². The Balaban J connectivity index is 1.27. The normalized spacial score (nSPS) is 23.4. The van der Waals surface area contributed by atoms with Crippen molar-refractivity contribution in [2.75, 3.05) is 48.3 Å². The van der Waals surface area contributed by atoms with Crippen LogP contribution in [0.15, 0.2) is 36.4 Å². The van der Waals surface area contributed by atoms with E-state index in [9.17, 15) is 9.18 Å². The Hall–Kier alpha value is -2.64. The van der Waals surface area contributed by atoms with Gasteiger partial charge in [0.1, 0.15) is 11.9 Å². The molecule has 2 aromatic rings. The molecule has 152 valence electrons. The summed E-state index contributed by atoms with van der Waals surface area (Å²) in [5.41, 5.74) is 4.19. The summed E-state index contributed by atoms with van der Waals surface area (Å²) in [5, 5.41) is 9.73. The van der Waals surface area contributed by atoms with E-state index in [-0.39, 0.29) is 11.7 Å². The van der Waals surface area contributed by atoms with Gasteiger partial charge in [-0.15, -0.1) is 0 Å². The average Bonchev–Trinajstić information content (AvgIpc) is 3.38. The summed E-state index contributed by atoms with van der Waals surface area (Å²) in [6.45, 7) is 7.05. The van der Waals surface area contributed by atoms with E-state index in [1.54, 1.807) is 6.07 Å².